The van der Waals surface area contributed by atoms with Gasteiger partial charge in [-0.3, -0.25) is 10.1 Å². The third-order valence-electron chi connectivity index (χ3n) is 4.01. The van der Waals surface area contributed by atoms with Gasteiger partial charge in [-0.25, -0.2) is 13.4 Å². The molecule has 1 fully saturated rings. The SMILES string of the molecule is O=C(Nc1nc2c(s1)CN(S(=O)(=O)C1CC1)CC2)c1ccoc1. The van der Waals surface area contributed by atoms with E-state index in [-0.39, 0.29) is 11.2 Å². The van der Waals surface area contributed by atoms with E-state index in [1.807, 2.05) is 0 Å². The van der Waals surface area contributed by atoms with Gasteiger partial charge in [0.05, 0.1) is 22.8 Å². The van der Waals surface area contributed by atoms with Gasteiger partial charge in [-0.15, -0.1) is 11.3 Å². The van der Waals surface area contributed by atoms with Crippen molar-refractivity contribution in [2.24, 2.45) is 0 Å². The van der Waals surface area contributed by atoms with Gasteiger partial charge in [0.2, 0.25) is 10.0 Å². The number of thiazole rings is 1. The molecule has 1 aliphatic heterocycles. The van der Waals surface area contributed by atoms with Crippen molar-refractivity contribution in [3.8, 4) is 0 Å². The molecular weight excluding hydrogens is 338 g/mol. The monoisotopic (exact) mass is 353 g/mol. The normalized spacial score (nSPS) is 18.6. The van der Waals surface area contributed by atoms with Crippen LogP contribution < -0.4 is 5.32 Å². The predicted octanol–water partition coefficient (Wildman–Crippen LogP) is 1.84. The fourth-order valence-corrected chi connectivity index (χ4v) is 5.49. The summed E-state index contributed by atoms with van der Waals surface area (Å²) in [5.41, 5.74) is 1.30. The molecule has 7 nitrogen and oxygen atoms in total. The van der Waals surface area contributed by atoms with Gasteiger partial charge in [-0.1, -0.05) is 0 Å². The summed E-state index contributed by atoms with van der Waals surface area (Å²) < 4.78 is 31.1. The predicted molar refractivity (Wildman–Crippen MR) is 84.8 cm³/mol. The molecule has 0 saturated heterocycles. The fourth-order valence-electron chi connectivity index (χ4n) is 2.58. The van der Waals surface area contributed by atoms with Gasteiger partial charge in [0, 0.05) is 24.4 Å². The third-order valence-corrected chi connectivity index (χ3v) is 7.35. The molecule has 4 rings (SSSR count). The Kier molecular flexibility index (Phi) is 3.51. The summed E-state index contributed by atoms with van der Waals surface area (Å²) >= 11 is 1.33. The number of hydrogen-bond donors (Lipinski definition) is 1. The molecule has 0 aromatic carbocycles. The Labute approximate surface area is 137 Å². The second-order valence-electron chi connectivity index (χ2n) is 5.68. The molecule has 9 heteroatoms. The summed E-state index contributed by atoms with van der Waals surface area (Å²) in [7, 11) is -3.17. The van der Waals surface area contributed by atoms with E-state index in [0.717, 1.165) is 23.4 Å². The second kappa shape index (κ2) is 5.43. The topological polar surface area (TPSA) is 92.5 Å². The molecule has 1 saturated carbocycles. The number of furan rings is 1. The molecular formula is C14H15N3O4S2. The summed E-state index contributed by atoms with van der Waals surface area (Å²) in [6, 6.07) is 1.58. The Balaban J connectivity index is 1.50. The van der Waals surface area contributed by atoms with Crippen molar-refractivity contribution >= 4 is 32.4 Å². The highest BCUT2D eigenvalue weighted by Gasteiger charge is 2.41. The van der Waals surface area contributed by atoms with Crippen molar-refractivity contribution in [2.45, 2.75) is 31.1 Å². The average molecular weight is 353 g/mol. The van der Waals surface area contributed by atoms with Crippen molar-refractivity contribution in [2.75, 3.05) is 11.9 Å². The zero-order chi connectivity index (χ0) is 16.0. The summed E-state index contributed by atoms with van der Waals surface area (Å²) in [5, 5.41) is 3.03. The van der Waals surface area contributed by atoms with Gasteiger partial charge < -0.3 is 4.42 Å². The van der Waals surface area contributed by atoms with Crippen molar-refractivity contribution < 1.29 is 17.6 Å². The molecule has 0 spiro atoms. The third kappa shape index (κ3) is 2.79. The number of carbonyl (C=O) groups is 1. The molecule has 2 aromatic heterocycles. The van der Waals surface area contributed by atoms with E-state index >= 15 is 0 Å². The van der Waals surface area contributed by atoms with E-state index in [1.165, 1.54) is 23.9 Å². The van der Waals surface area contributed by atoms with E-state index in [2.05, 4.69) is 10.3 Å². The van der Waals surface area contributed by atoms with Crippen LogP contribution in [0.2, 0.25) is 0 Å². The minimum absolute atomic E-state index is 0.197. The van der Waals surface area contributed by atoms with Crippen LogP contribution in [0.4, 0.5) is 5.13 Å². The summed E-state index contributed by atoms with van der Waals surface area (Å²) in [6.07, 6.45) is 4.91. The van der Waals surface area contributed by atoms with E-state index in [4.69, 9.17) is 4.42 Å². The van der Waals surface area contributed by atoms with E-state index in [0.29, 0.717) is 30.2 Å². The molecule has 2 aromatic rings. The number of nitrogens with zero attached hydrogens (tertiary/aromatic N) is 2. The maximum atomic E-state index is 12.3. The van der Waals surface area contributed by atoms with Crippen molar-refractivity contribution in [3.05, 3.63) is 34.7 Å². The second-order valence-corrected chi connectivity index (χ2v) is 8.98. The number of amides is 1. The maximum Gasteiger partial charge on any atom is 0.260 e. The van der Waals surface area contributed by atoms with Gasteiger partial charge >= 0.3 is 0 Å². The number of anilines is 1. The lowest BCUT2D eigenvalue weighted by Crippen LogP contribution is -2.37. The van der Waals surface area contributed by atoms with Crippen LogP contribution in [-0.4, -0.2) is 35.4 Å². The summed E-state index contributed by atoms with van der Waals surface area (Å²) in [4.78, 5) is 17.3. The zero-order valence-corrected chi connectivity index (χ0v) is 13.8. The molecule has 0 radical (unpaired) electrons. The number of fused-ring (bicyclic) bond motifs is 1. The minimum atomic E-state index is -3.17. The molecule has 1 N–H and O–H groups in total. The number of carbonyl (C=O) groups excluding carboxylic acids is 1. The summed E-state index contributed by atoms with van der Waals surface area (Å²) in [5.74, 6) is -0.285. The molecule has 3 heterocycles. The number of rotatable bonds is 4. The van der Waals surface area contributed by atoms with Crippen LogP contribution in [0.15, 0.2) is 23.0 Å². The highest BCUT2D eigenvalue weighted by Crippen LogP contribution is 2.35. The van der Waals surface area contributed by atoms with E-state index in [9.17, 15) is 13.2 Å². The first-order valence-corrected chi connectivity index (χ1v) is 9.67. The van der Waals surface area contributed by atoms with Crippen LogP contribution in [-0.2, 0) is 23.0 Å². The number of hydrogen-bond acceptors (Lipinski definition) is 6. The Bertz CT molecular complexity index is 838. The van der Waals surface area contributed by atoms with Gasteiger partial charge in [0.15, 0.2) is 5.13 Å². The Hall–Kier alpha value is -1.71. The van der Waals surface area contributed by atoms with E-state index in [1.54, 1.807) is 10.4 Å². The molecule has 2 aliphatic rings. The lowest BCUT2D eigenvalue weighted by molar-refractivity contribution is 0.102. The van der Waals surface area contributed by atoms with Crippen molar-refractivity contribution in [1.29, 1.82) is 0 Å². The number of sulfonamides is 1. The largest absolute Gasteiger partial charge is 0.472 e. The standard InChI is InChI=1S/C14H15N3O4S2/c18-13(9-4-6-21-8-9)16-14-15-11-3-5-17(7-12(11)22-14)23(19,20)10-1-2-10/h4,6,8,10H,1-3,5,7H2,(H,15,16,18). The lowest BCUT2D eigenvalue weighted by Gasteiger charge is -2.25. The summed E-state index contributed by atoms with van der Waals surface area (Å²) in [6.45, 7) is 0.818. The highest BCUT2D eigenvalue weighted by atomic mass is 32.2. The quantitative estimate of drug-likeness (QED) is 0.905. The minimum Gasteiger partial charge on any atom is -0.472 e. The number of nitrogens with one attached hydrogen (secondary N) is 1. The van der Waals surface area contributed by atoms with Crippen LogP contribution in [0.1, 0.15) is 33.8 Å². The Morgan fingerprint density at radius 3 is 2.96 bits per heavy atom. The lowest BCUT2D eigenvalue weighted by atomic mass is 10.2. The van der Waals surface area contributed by atoms with Crippen LogP contribution in [0.5, 0.6) is 0 Å². The molecule has 122 valence electrons. The van der Waals surface area contributed by atoms with Crippen LogP contribution in [0, 0.1) is 0 Å². The highest BCUT2D eigenvalue weighted by molar-refractivity contribution is 7.90. The van der Waals surface area contributed by atoms with Gasteiger partial charge in [0.1, 0.15) is 6.26 Å². The molecule has 1 amide bonds. The first kappa shape index (κ1) is 14.9. The smallest absolute Gasteiger partial charge is 0.260 e. The maximum absolute atomic E-state index is 12.3. The fraction of sp³-hybridized carbons (Fsp3) is 0.429. The molecule has 0 atom stereocenters. The molecule has 0 bridgehead atoms. The first-order valence-electron chi connectivity index (χ1n) is 7.35. The van der Waals surface area contributed by atoms with Gasteiger partial charge in [0.25, 0.3) is 5.91 Å². The van der Waals surface area contributed by atoms with Crippen LogP contribution >= 0.6 is 11.3 Å². The van der Waals surface area contributed by atoms with Gasteiger partial charge in [-0.05, 0) is 18.9 Å². The van der Waals surface area contributed by atoms with Crippen molar-refractivity contribution in [1.82, 2.24) is 9.29 Å². The first-order chi connectivity index (χ1) is 11.0. The Morgan fingerprint density at radius 2 is 2.26 bits per heavy atom. The van der Waals surface area contributed by atoms with Crippen LogP contribution in [0.25, 0.3) is 0 Å². The van der Waals surface area contributed by atoms with Gasteiger partial charge in [-0.2, -0.15) is 4.31 Å². The van der Waals surface area contributed by atoms with Crippen LogP contribution in [0.3, 0.4) is 0 Å². The zero-order valence-electron chi connectivity index (χ0n) is 12.2. The molecule has 0 unspecified atom stereocenters. The van der Waals surface area contributed by atoms with E-state index < -0.39 is 10.0 Å². The average Bonchev–Trinajstić information content (AvgIpc) is 3.10. The Morgan fingerprint density at radius 1 is 1.43 bits per heavy atom. The molecule has 23 heavy (non-hydrogen) atoms. The number of aromatic nitrogens is 1. The van der Waals surface area contributed by atoms with Crippen molar-refractivity contribution in [3.63, 3.8) is 0 Å². The molecule has 1 aliphatic carbocycles.